The van der Waals surface area contributed by atoms with Gasteiger partial charge in [0.15, 0.2) is 0 Å². The largest absolute Gasteiger partial charge is 0.329 e. The molecule has 0 aromatic rings. The first-order chi connectivity index (χ1) is 8.13. The van der Waals surface area contributed by atoms with Gasteiger partial charge in [0.1, 0.15) is 0 Å². The molecule has 2 aliphatic rings. The lowest BCUT2D eigenvalue weighted by atomic mass is 9.86. The Balaban J connectivity index is 1.92. The monoisotopic (exact) mass is 261 g/mol. The summed E-state index contributed by atoms with van der Waals surface area (Å²) in [7, 11) is -3.31. The van der Waals surface area contributed by atoms with Gasteiger partial charge in [0.2, 0.25) is 0 Å². The zero-order valence-electron chi connectivity index (χ0n) is 10.3. The molecule has 0 radical (unpaired) electrons. The maximum Gasteiger partial charge on any atom is 0.279 e. The molecule has 1 heterocycles. The lowest BCUT2D eigenvalue weighted by molar-refractivity contribution is 0.250. The van der Waals surface area contributed by atoms with Crippen LogP contribution in [0.2, 0.25) is 0 Å². The van der Waals surface area contributed by atoms with Gasteiger partial charge in [-0.05, 0) is 31.6 Å². The minimum absolute atomic E-state index is 0.0114. The first-order valence-electron chi connectivity index (χ1n) is 6.60. The van der Waals surface area contributed by atoms with Gasteiger partial charge in [-0.1, -0.05) is 12.8 Å². The molecule has 2 rings (SSSR count). The highest BCUT2D eigenvalue weighted by Gasteiger charge is 2.32. The number of rotatable bonds is 5. The normalized spacial score (nSPS) is 27.9. The molecular formula is C11H23N3O2S. The van der Waals surface area contributed by atoms with Gasteiger partial charge in [-0.15, -0.1) is 0 Å². The van der Waals surface area contributed by atoms with Gasteiger partial charge in [0.05, 0.1) is 0 Å². The second-order valence-electron chi connectivity index (χ2n) is 5.15. The number of piperidine rings is 1. The van der Waals surface area contributed by atoms with Crippen LogP contribution >= 0.6 is 0 Å². The first-order valence-corrected chi connectivity index (χ1v) is 8.04. The van der Waals surface area contributed by atoms with Gasteiger partial charge < -0.3 is 5.73 Å². The molecule has 17 heavy (non-hydrogen) atoms. The molecule has 1 saturated heterocycles. The topological polar surface area (TPSA) is 75.4 Å². The van der Waals surface area contributed by atoms with Crippen molar-refractivity contribution in [3.05, 3.63) is 0 Å². The summed E-state index contributed by atoms with van der Waals surface area (Å²) in [5.41, 5.74) is 5.65. The Bertz CT molecular complexity index is 341. The van der Waals surface area contributed by atoms with Crippen LogP contribution in [0.25, 0.3) is 0 Å². The number of hydrogen-bond acceptors (Lipinski definition) is 3. The number of nitrogens with one attached hydrogen (secondary N) is 1. The fraction of sp³-hybridized carbons (Fsp3) is 1.00. The number of hydrogen-bond donors (Lipinski definition) is 2. The summed E-state index contributed by atoms with van der Waals surface area (Å²) >= 11 is 0. The van der Waals surface area contributed by atoms with Gasteiger partial charge in [0, 0.05) is 25.7 Å². The molecule has 1 aliphatic carbocycles. The highest BCUT2D eigenvalue weighted by Crippen LogP contribution is 2.26. The van der Waals surface area contributed by atoms with Crippen molar-refractivity contribution in [1.82, 2.24) is 9.03 Å². The lowest BCUT2D eigenvalue weighted by Crippen LogP contribution is -2.52. The summed E-state index contributed by atoms with van der Waals surface area (Å²) in [6, 6.07) is -0.0114. The smallest absolute Gasteiger partial charge is 0.279 e. The molecule has 6 heteroatoms. The fourth-order valence-electron chi connectivity index (χ4n) is 2.53. The third-order valence-corrected chi connectivity index (χ3v) is 5.56. The van der Waals surface area contributed by atoms with Crippen LogP contribution in [0, 0.1) is 5.92 Å². The third kappa shape index (κ3) is 3.19. The molecule has 2 fully saturated rings. The summed E-state index contributed by atoms with van der Waals surface area (Å²) in [5.74, 6) is 0.547. The van der Waals surface area contributed by atoms with Crippen LogP contribution in [0.5, 0.6) is 0 Å². The molecule has 0 amide bonds. The molecule has 0 aromatic heterocycles. The van der Waals surface area contributed by atoms with Crippen molar-refractivity contribution in [2.45, 2.75) is 44.6 Å². The number of nitrogens with two attached hydrogens (primary N) is 1. The summed E-state index contributed by atoms with van der Waals surface area (Å²) in [6.07, 6.45) is 6.46. The van der Waals surface area contributed by atoms with Gasteiger partial charge in [-0.3, -0.25) is 0 Å². The van der Waals surface area contributed by atoms with E-state index in [0.29, 0.717) is 25.6 Å². The Morgan fingerprint density at radius 2 is 1.94 bits per heavy atom. The quantitative estimate of drug-likeness (QED) is 0.754. The standard InChI is InChI=1S/C11H23N3O2S/c12-8-11-6-1-2-7-14(11)17(15,16)13-9-10-4-3-5-10/h10-11,13H,1-9,12H2. The molecule has 3 N–H and O–H groups in total. The van der Waals surface area contributed by atoms with E-state index in [2.05, 4.69) is 4.72 Å². The van der Waals surface area contributed by atoms with Crippen LogP contribution < -0.4 is 10.5 Å². The van der Waals surface area contributed by atoms with Gasteiger partial charge in [-0.2, -0.15) is 12.7 Å². The van der Waals surface area contributed by atoms with Crippen LogP contribution in [0.3, 0.4) is 0 Å². The van der Waals surface area contributed by atoms with Crippen LogP contribution in [0.4, 0.5) is 0 Å². The van der Waals surface area contributed by atoms with Crippen molar-refractivity contribution in [2.24, 2.45) is 11.7 Å². The molecule has 1 saturated carbocycles. The second kappa shape index (κ2) is 5.65. The van der Waals surface area contributed by atoms with E-state index >= 15 is 0 Å². The van der Waals surface area contributed by atoms with Crippen molar-refractivity contribution in [3.8, 4) is 0 Å². The molecule has 1 atom stereocenters. The highest BCUT2D eigenvalue weighted by molar-refractivity contribution is 7.87. The Hall–Kier alpha value is -0.170. The maximum absolute atomic E-state index is 12.2. The first kappa shape index (κ1) is 13.3. The van der Waals surface area contributed by atoms with E-state index in [1.165, 1.54) is 6.42 Å². The summed E-state index contributed by atoms with van der Waals surface area (Å²) in [4.78, 5) is 0. The Morgan fingerprint density at radius 3 is 2.53 bits per heavy atom. The average molecular weight is 261 g/mol. The van der Waals surface area contributed by atoms with Gasteiger partial charge >= 0.3 is 0 Å². The van der Waals surface area contributed by atoms with Crippen LogP contribution in [0.1, 0.15) is 38.5 Å². The summed E-state index contributed by atoms with van der Waals surface area (Å²) in [5, 5.41) is 0. The average Bonchev–Trinajstić information content (AvgIpc) is 2.26. The van der Waals surface area contributed by atoms with Crippen LogP contribution in [-0.4, -0.2) is 38.4 Å². The minimum Gasteiger partial charge on any atom is -0.329 e. The summed E-state index contributed by atoms with van der Waals surface area (Å²) in [6.45, 7) is 1.63. The molecular weight excluding hydrogens is 238 g/mol. The molecule has 0 bridgehead atoms. The van der Waals surface area contributed by atoms with E-state index < -0.39 is 10.2 Å². The Labute approximate surface area is 104 Å². The Kier molecular flexibility index (Phi) is 4.41. The summed E-state index contributed by atoms with van der Waals surface area (Å²) < 4.78 is 28.6. The predicted molar refractivity (Wildman–Crippen MR) is 67.7 cm³/mol. The van der Waals surface area contributed by atoms with Gasteiger partial charge in [-0.25, -0.2) is 4.72 Å². The minimum atomic E-state index is -3.31. The molecule has 0 spiro atoms. The Morgan fingerprint density at radius 1 is 1.18 bits per heavy atom. The molecule has 1 aliphatic heterocycles. The maximum atomic E-state index is 12.2. The zero-order chi connectivity index (χ0) is 12.3. The van der Waals surface area contributed by atoms with Crippen molar-refractivity contribution < 1.29 is 8.42 Å². The molecule has 0 aromatic carbocycles. The highest BCUT2D eigenvalue weighted by atomic mass is 32.2. The van der Waals surface area contributed by atoms with E-state index in [1.807, 2.05) is 0 Å². The SMILES string of the molecule is NCC1CCCCN1S(=O)(=O)NCC1CCC1. The van der Waals surface area contributed by atoms with E-state index in [4.69, 9.17) is 5.73 Å². The molecule has 1 unspecified atom stereocenters. The van der Waals surface area contributed by atoms with Crippen molar-refractivity contribution in [2.75, 3.05) is 19.6 Å². The third-order valence-electron chi connectivity index (χ3n) is 3.93. The van der Waals surface area contributed by atoms with Crippen molar-refractivity contribution in [3.63, 3.8) is 0 Å². The fourth-order valence-corrected chi connectivity index (χ4v) is 4.09. The molecule has 5 nitrogen and oxygen atoms in total. The zero-order valence-corrected chi connectivity index (χ0v) is 11.1. The second-order valence-corrected chi connectivity index (χ2v) is 6.85. The van der Waals surface area contributed by atoms with E-state index in [9.17, 15) is 8.42 Å². The van der Waals surface area contributed by atoms with Crippen molar-refractivity contribution >= 4 is 10.2 Å². The van der Waals surface area contributed by atoms with Gasteiger partial charge in [0.25, 0.3) is 10.2 Å². The predicted octanol–water partition coefficient (Wildman–Crippen LogP) is 0.434. The van der Waals surface area contributed by atoms with Crippen LogP contribution in [-0.2, 0) is 10.2 Å². The van der Waals surface area contributed by atoms with E-state index in [0.717, 1.165) is 32.1 Å². The van der Waals surface area contributed by atoms with Crippen molar-refractivity contribution in [1.29, 1.82) is 0 Å². The lowest BCUT2D eigenvalue weighted by Gasteiger charge is -2.35. The van der Waals surface area contributed by atoms with Crippen LogP contribution in [0.15, 0.2) is 0 Å². The van der Waals surface area contributed by atoms with E-state index in [1.54, 1.807) is 4.31 Å². The number of nitrogens with zero attached hydrogens (tertiary/aromatic N) is 1. The molecule has 100 valence electrons. The van der Waals surface area contributed by atoms with E-state index in [-0.39, 0.29) is 6.04 Å².